The molecule has 108 valence electrons. The second-order valence-corrected chi connectivity index (χ2v) is 4.58. The molecule has 21 heavy (non-hydrogen) atoms. The number of benzene rings is 1. The molecule has 1 amide bonds. The summed E-state index contributed by atoms with van der Waals surface area (Å²) in [7, 11) is 1.56. The van der Waals surface area contributed by atoms with Gasteiger partial charge in [-0.05, 0) is 12.1 Å². The molecule has 7 nitrogen and oxygen atoms in total. The van der Waals surface area contributed by atoms with Crippen molar-refractivity contribution >= 4 is 11.7 Å². The van der Waals surface area contributed by atoms with E-state index in [2.05, 4.69) is 11.7 Å². The molecule has 0 N–H and O–H groups in total. The summed E-state index contributed by atoms with van der Waals surface area (Å²) in [5.41, 5.74) is 0.222. The van der Waals surface area contributed by atoms with Crippen LogP contribution in [-0.4, -0.2) is 27.5 Å². The predicted octanol–water partition coefficient (Wildman–Crippen LogP) is 1.23. The number of carbonyl (C=O) groups is 1. The summed E-state index contributed by atoms with van der Waals surface area (Å²) in [6.07, 6.45) is 1.56. The molecule has 2 aromatic rings. The van der Waals surface area contributed by atoms with Crippen LogP contribution in [0.15, 0.2) is 41.7 Å². The summed E-state index contributed by atoms with van der Waals surface area (Å²) < 4.78 is 7.46. The molecular formula is C14H14N4O3. The predicted molar refractivity (Wildman–Crippen MR) is 76.7 cm³/mol. The highest BCUT2D eigenvalue weighted by Gasteiger charge is 2.33. The second kappa shape index (κ2) is 4.93. The Bertz CT molecular complexity index is 775. The lowest BCUT2D eigenvalue weighted by Gasteiger charge is -2.15. The number of nitrogens with zero attached hydrogens (tertiary/aromatic N) is 4. The van der Waals surface area contributed by atoms with Crippen molar-refractivity contribution < 1.29 is 9.53 Å². The molecule has 0 spiro atoms. The van der Waals surface area contributed by atoms with Gasteiger partial charge in [0.1, 0.15) is 5.75 Å². The van der Waals surface area contributed by atoms with Crippen LogP contribution in [0.25, 0.3) is 0 Å². The van der Waals surface area contributed by atoms with Crippen molar-refractivity contribution in [1.82, 2.24) is 14.3 Å². The summed E-state index contributed by atoms with van der Waals surface area (Å²) in [5.74, 6) is 1.07. The Hall–Kier alpha value is -2.83. The lowest BCUT2D eigenvalue weighted by molar-refractivity contribution is 0.250. The Morgan fingerprint density at radius 1 is 1.43 bits per heavy atom. The SMILES string of the molecule is C=CCn1nc2n(c1=O)C(=O)N(c1cccc(OC)c1)C2. The Labute approximate surface area is 120 Å². The number of ether oxygens (including phenoxy) is 1. The maximum atomic E-state index is 12.4. The molecule has 7 heteroatoms. The lowest BCUT2D eigenvalue weighted by Crippen LogP contribution is -2.34. The van der Waals surface area contributed by atoms with E-state index in [-0.39, 0.29) is 13.1 Å². The maximum Gasteiger partial charge on any atom is 0.354 e. The number of hydrogen-bond donors (Lipinski definition) is 0. The first-order valence-electron chi connectivity index (χ1n) is 6.41. The van der Waals surface area contributed by atoms with Gasteiger partial charge >= 0.3 is 11.7 Å². The summed E-state index contributed by atoms with van der Waals surface area (Å²) >= 11 is 0. The fourth-order valence-electron chi connectivity index (χ4n) is 2.30. The van der Waals surface area contributed by atoms with Crippen LogP contribution in [0.5, 0.6) is 5.75 Å². The zero-order valence-electron chi connectivity index (χ0n) is 11.5. The van der Waals surface area contributed by atoms with Crippen LogP contribution in [0.2, 0.25) is 0 Å². The number of allylic oxidation sites excluding steroid dienone is 1. The molecule has 0 fully saturated rings. The van der Waals surface area contributed by atoms with Crippen molar-refractivity contribution in [3.05, 3.63) is 53.2 Å². The molecule has 0 saturated carbocycles. The summed E-state index contributed by atoms with van der Waals surface area (Å²) in [6, 6.07) is 6.71. The molecule has 0 unspecified atom stereocenters. The van der Waals surface area contributed by atoms with Crippen LogP contribution in [0, 0.1) is 0 Å². The average Bonchev–Trinajstić information content (AvgIpc) is 2.98. The zero-order chi connectivity index (χ0) is 15.0. The minimum absolute atomic E-state index is 0.255. The minimum atomic E-state index is -0.444. The first kappa shape index (κ1) is 13.2. The third-order valence-corrected chi connectivity index (χ3v) is 3.30. The van der Waals surface area contributed by atoms with Crippen LogP contribution in [0.1, 0.15) is 5.82 Å². The lowest BCUT2D eigenvalue weighted by atomic mass is 10.3. The van der Waals surface area contributed by atoms with Gasteiger partial charge in [0.05, 0.1) is 20.2 Å². The third kappa shape index (κ3) is 2.03. The van der Waals surface area contributed by atoms with E-state index in [9.17, 15) is 9.59 Å². The van der Waals surface area contributed by atoms with Gasteiger partial charge in [-0.2, -0.15) is 9.67 Å². The van der Waals surface area contributed by atoms with Crippen molar-refractivity contribution in [1.29, 1.82) is 0 Å². The van der Waals surface area contributed by atoms with Gasteiger partial charge in [0.2, 0.25) is 0 Å². The Morgan fingerprint density at radius 3 is 2.90 bits per heavy atom. The molecule has 0 aliphatic carbocycles. The van der Waals surface area contributed by atoms with E-state index in [0.29, 0.717) is 17.3 Å². The Kier molecular flexibility index (Phi) is 3.09. The molecule has 0 bridgehead atoms. The van der Waals surface area contributed by atoms with E-state index in [1.165, 1.54) is 9.58 Å². The second-order valence-electron chi connectivity index (χ2n) is 4.58. The Balaban J connectivity index is 1.97. The summed E-state index contributed by atoms with van der Waals surface area (Å²) in [4.78, 5) is 26.0. The molecule has 1 aromatic heterocycles. The number of aromatic nitrogens is 3. The van der Waals surface area contributed by atoms with Crippen LogP contribution in [0.3, 0.4) is 0 Å². The minimum Gasteiger partial charge on any atom is -0.497 e. The van der Waals surface area contributed by atoms with Crippen molar-refractivity contribution in [3.8, 4) is 5.75 Å². The zero-order valence-corrected chi connectivity index (χ0v) is 11.5. The summed E-state index contributed by atoms with van der Waals surface area (Å²) in [6.45, 7) is 4.10. The maximum absolute atomic E-state index is 12.4. The molecule has 1 aromatic carbocycles. The number of fused-ring (bicyclic) bond motifs is 1. The van der Waals surface area contributed by atoms with Gasteiger partial charge in [-0.15, -0.1) is 6.58 Å². The van der Waals surface area contributed by atoms with Gasteiger partial charge in [-0.25, -0.2) is 14.3 Å². The number of hydrogen-bond acceptors (Lipinski definition) is 4. The molecule has 0 atom stereocenters. The van der Waals surface area contributed by atoms with Gasteiger partial charge in [-0.3, -0.25) is 4.90 Å². The highest BCUT2D eigenvalue weighted by molar-refractivity contribution is 5.96. The number of amides is 1. The van der Waals surface area contributed by atoms with Crippen LogP contribution in [0.4, 0.5) is 10.5 Å². The summed E-state index contributed by atoms with van der Waals surface area (Å²) in [5, 5.41) is 4.15. The highest BCUT2D eigenvalue weighted by Crippen LogP contribution is 2.25. The normalized spacial score (nSPS) is 13.4. The van der Waals surface area contributed by atoms with E-state index in [4.69, 9.17) is 4.74 Å². The van der Waals surface area contributed by atoms with Crippen LogP contribution >= 0.6 is 0 Å². The topological polar surface area (TPSA) is 69.4 Å². The van der Waals surface area contributed by atoms with Gasteiger partial charge < -0.3 is 4.74 Å². The van der Waals surface area contributed by atoms with Crippen molar-refractivity contribution in [2.45, 2.75) is 13.1 Å². The fraction of sp³-hybridized carbons (Fsp3) is 0.214. The van der Waals surface area contributed by atoms with Gasteiger partial charge in [-0.1, -0.05) is 12.1 Å². The first-order chi connectivity index (χ1) is 10.2. The fourth-order valence-corrected chi connectivity index (χ4v) is 2.30. The molecule has 1 aliphatic rings. The smallest absolute Gasteiger partial charge is 0.354 e. The molecule has 3 rings (SSSR count). The number of anilines is 1. The number of methoxy groups -OCH3 is 1. The standard InChI is InChI=1S/C14H14N4O3/c1-3-7-17-14(20)18-12(15-17)9-16(13(18)19)10-5-4-6-11(8-10)21-2/h3-6,8H,1,7,9H2,2H3. The van der Waals surface area contributed by atoms with Gasteiger partial charge in [0, 0.05) is 11.8 Å². The van der Waals surface area contributed by atoms with Crippen molar-refractivity contribution in [3.63, 3.8) is 0 Å². The van der Waals surface area contributed by atoms with Gasteiger partial charge in [0.15, 0.2) is 5.82 Å². The third-order valence-electron chi connectivity index (χ3n) is 3.30. The average molecular weight is 286 g/mol. The largest absolute Gasteiger partial charge is 0.497 e. The van der Waals surface area contributed by atoms with Crippen molar-refractivity contribution in [2.24, 2.45) is 0 Å². The first-order valence-corrected chi connectivity index (χ1v) is 6.41. The van der Waals surface area contributed by atoms with E-state index in [1.807, 2.05) is 0 Å². The molecule has 0 radical (unpaired) electrons. The quantitative estimate of drug-likeness (QED) is 0.793. The molecular weight excluding hydrogens is 272 g/mol. The number of rotatable bonds is 4. The Morgan fingerprint density at radius 2 is 2.24 bits per heavy atom. The van der Waals surface area contributed by atoms with E-state index in [1.54, 1.807) is 37.5 Å². The molecule has 0 saturated heterocycles. The van der Waals surface area contributed by atoms with Crippen LogP contribution in [-0.2, 0) is 13.1 Å². The molecule has 1 aliphatic heterocycles. The van der Waals surface area contributed by atoms with Gasteiger partial charge in [0.25, 0.3) is 0 Å². The van der Waals surface area contributed by atoms with Crippen molar-refractivity contribution in [2.75, 3.05) is 12.0 Å². The van der Waals surface area contributed by atoms with E-state index >= 15 is 0 Å². The molecule has 2 heterocycles. The van der Waals surface area contributed by atoms with E-state index in [0.717, 1.165) is 4.57 Å². The van der Waals surface area contributed by atoms with E-state index < -0.39 is 11.7 Å². The highest BCUT2D eigenvalue weighted by atomic mass is 16.5. The number of carbonyl (C=O) groups excluding carboxylic acids is 1. The monoisotopic (exact) mass is 286 g/mol. The van der Waals surface area contributed by atoms with Crippen LogP contribution < -0.4 is 15.3 Å².